The van der Waals surface area contributed by atoms with Gasteiger partial charge in [0.05, 0.1) is 4.86 Å². The van der Waals surface area contributed by atoms with Crippen LogP contribution in [-0.2, 0) is 11.2 Å². The Morgan fingerprint density at radius 3 is 1.90 bits per heavy atom. The Balaban J connectivity index is 2.27. The molecule has 0 aliphatic carbocycles. The Kier molecular flexibility index (Phi) is 5.23. The molecule has 0 saturated carbocycles. The summed E-state index contributed by atoms with van der Waals surface area (Å²) in [6, 6.07) is 18.5. The summed E-state index contributed by atoms with van der Waals surface area (Å²) in [6.07, 6.45) is 4.11. The number of rotatable bonds is 5. The fourth-order valence-corrected chi connectivity index (χ4v) is 3.14. The van der Waals surface area contributed by atoms with Crippen molar-refractivity contribution in [2.45, 2.75) is 6.42 Å². The lowest BCUT2D eigenvalue weighted by molar-refractivity contribution is -0.112. The zero-order valence-electron chi connectivity index (χ0n) is 12.2. The summed E-state index contributed by atoms with van der Waals surface area (Å²) in [4.78, 5) is 25.5. The summed E-state index contributed by atoms with van der Waals surface area (Å²) < 4.78 is 0. The molecule has 0 atom stereocenters. The van der Waals surface area contributed by atoms with Crippen molar-refractivity contribution in [1.29, 1.82) is 0 Å². The third kappa shape index (κ3) is 3.99. The minimum absolute atomic E-state index is 0.0802. The highest BCUT2D eigenvalue weighted by molar-refractivity contribution is 8.16. The summed E-state index contributed by atoms with van der Waals surface area (Å²) >= 11 is 0. The van der Waals surface area contributed by atoms with Crippen molar-refractivity contribution >= 4 is 26.9 Å². The van der Waals surface area contributed by atoms with E-state index in [-0.39, 0.29) is 28.5 Å². The predicted octanol–water partition coefficient (Wildman–Crippen LogP) is 3.38. The second-order valence-corrected chi connectivity index (χ2v) is 6.97. The zero-order chi connectivity index (χ0) is 15.2. The Hall–Kier alpha value is -2.00. The minimum atomic E-state index is -0.370. The molecule has 0 fully saturated rings. The Morgan fingerprint density at radius 1 is 0.857 bits per heavy atom. The van der Waals surface area contributed by atoms with Crippen molar-refractivity contribution in [1.82, 2.24) is 0 Å². The molecule has 0 saturated heterocycles. The van der Waals surface area contributed by atoms with Gasteiger partial charge in [-0.1, -0.05) is 60.7 Å². The van der Waals surface area contributed by atoms with Gasteiger partial charge in [0.25, 0.3) is 0 Å². The van der Waals surface area contributed by atoms with Crippen LogP contribution >= 0.6 is 10.5 Å². The molecule has 0 amide bonds. The van der Waals surface area contributed by atoms with E-state index in [1.54, 1.807) is 12.1 Å². The molecule has 0 aromatic heterocycles. The van der Waals surface area contributed by atoms with Gasteiger partial charge < -0.3 is 0 Å². The molecule has 2 rings (SSSR count). The van der Waals surface area contributed by atoms with Gasteiger partial charge in [-0.15, -0.1) is 0 Å². The highest BCUT2D eigenvalue weighted by Gasteiger charge is 2.21. The number of ketones is 2. The highest BCUT2D eigenvalue weighted by Crippen LogP contribution is 2.13. The molecule has 0 heterocycles. The molecule has 0 aliphatic heterocycles. The maximum atomic E-state index is 12.6. The van der Waals surface area contributed by atoms with Crippen LogP contribution in [0.5, 0.6) is 0 Å². The number of Topliss-reactive ketones (excluding diaryl/α,β-unsaturated/α-hetero) is 2. The van der Waals surface area contributed by atoms with Gasteiger partial charge in [-0.2, -0.15) is 10.5 Å². The molecule has 2 aromatic rings. The van der Waals surface area contributed by atoms with Crippen molar-refractivity contribution in [3.8, 4) is 0 Å². The van der Waals surface area contributed by atoms with Gasteiger partial charge in [-0.3, -0.25) is 9.59 Å². The fourth-order valence-electron chi connectivity index (χ4n) is 2.12. The molecule has 108 valence electrons. The quantitative estimate of drug-likeness (QED) is 0.482. The first-order valence-electron chi connectivity index (χ1n) is 6.71. The number of benzene rings is 2. The maximum absolute atomic E-state index is 12.6. The molecule has 2 aromatic carbocycles. The van der Waals surface area contributed by atoms with E-state index in [4.69, 9.17) is 0 Å². The standard InChI is InChI=1S/C18H18O2S/c1-21(2)18(17(20)15-11-7-4-8-12-15)16(19)13-14-9-5-3-6-10-14/h3-12H,13H2,1-2H3. The van der Waals surface area contributed by atoms with E-state index < -0.39 is 0 Å². The van der Waals surface area contributed by atoms with Gasteiger partial charge >= 0.3 is 0 Å². The van der Waals surface area contributed by atoms with Gasteiger partial charge in [0.1, 0.15) is 0 Å². The normalized spacial score (nSPS) is 10.4. The van der Waals surface area contributed by atoms with Gasteiger partial charge in [-0.05, 0) is 18.1 Å². The smallest absolute Gasteiger partial charge is 0.202 e. The minimum Gasteiger partial charge on any atom is -0.293 e. The lowest BCUT2D eigenvalue weighted by atomic mass is 10.0. The molecule has 21 heavy (non-hydrogen) atoms. The SMILES string of the molecule is CS(C)=C(C(=O)Cc1ccccc1)C(=O)c1ccccc1. The molecule has 0 radical (unpaired) electrons. The van der Waals surface area contributed by atoms with Crippen LogP contribution < -0.4 is 0 Å². The summed E-state index contributed by atoms with van der Waals surface area (Å²) in [5.41, 5.74) is 1.52. The lowest BCUT2D eigenvalue weighted by Crippen LogP contribution is -2.26. The van der Waals surface area contributed by atoms with E-state index in [1.165, 1.54) is 0 Å². The molecule has 0 aliphatic rings. The van der Waals surface area contributed by atoms with Crippen molar-refractivity contribution in [2.24, 2.45) is 0 Å². The number of hydrogen-bond donors (Lipinski definition) is 0. The first kappa shape index (κ1) is 15.4. The Labute approximate surface area is 127 Å². The third-order valence-corrected chi connectivity index (χ3v) is 4.34. The number of carbonyl (C=O) groups is 2. The summed E-state index contributed by atoms with van der Waals surface area (Å²) in [5, 5.41) is 0. The third-order valence-electron chi connectivity index (χ3n) is 3.11. The Morgan fingerprint density at radius 2 is 1.38 bits per heavy atom. The largest absolute Gasteiger partial charge is 0.293 e. The van der Waals surface area contributed by atoms with Crippen LogP contribution in [0.25, 0.3) is 0 Å². The lowest BCUT2D eigenvalue weighted by Gasteiger charge is -2.09. The number of hydrogen-bond acceptors (Lipinski definition) is 2. The van der Waals surface area contributed by atoms with E-state index in [9.17, 15) is 9.59 Å². The van der Waals surface area contributed by atoms with Crippen molar-refractivity contribution in [2.75, 3.05) is 12.5 Å². The fraction of sp³-hybridized carbons (Fsp3) is 0.167. The zero-order valence-corrected chi connectivity index (χ0v) is 13.0. The van der Waals surface area contributed by atoms with E-state index in [0.29, 0.717) is 10.4 Å². The van der Waals surface area contributed by atoms with Gasteiger partial charge in [-0.25, -0.2) is 0 Å². The predicted molar refractivity (Wildman–Crippen MR) is 90.4 cm³/mol. The van der Waals surface area contributed by atoms with Crippen LogP contribution in [0, 0.1) is 0 Å². The maximum Gasteiger partial charge on any atom is 0.202 e. The molecular weight excluding hydrogens is 280 g/mol. The molecule has 0 spiro atoms. The molecule has 2 nitrogen and oxygen atoms in total. The van der Waals surface area contributed by atoms with E-state index >= 15 is 0 Å². The summed E-state index contributed by atoms with van der Waals surface area (Å²) in [5.74, 6) is -0.228. The first-order valence-corrected chi connectivity index (χ1v) is 8.75. The topological polar surface area (TPSA) is 34.1 Å². The van der Waals surface area contributed by atoms with Gasteiger partial charge in [0, 0.05) is 12.0 Å². The monoisotopic (exact) mass is 298 g/mol. The van der Waals surface area contributed by atoms with Crippen LogP contribution in [-0.4, -0.2) is 28.9 Å². The molecule has 0 unspecified atom stereocenters. The average molecular weight is 298 g/mol. The van der Waals surface area contributed by atoms with Crippen LogP contribution in [0.15, 0.2) is 60.7 Å². The second-order valence-electron chi connectivity index (χ2n) is 4.93. The van der Waals surface area contributed by atoms with Crippen LogP contribution in [0.2, 0.25) is 0 Å². The van der Waals surface area contributed by atoms with Gasteiger partial charge in [0.15, 0.2) is 5.78 Å². The first-order chi connectivity index (χ1) is 10.1. The molecular formula is C18H18O2S. The summed E-state index contributed by atoms with van der Waals surface area (Å²) in [6.45, 7) is 0. The molecule has 3 heteroatoms. The van der Waals surface area contributed by atoms with Crippen LogP contribution in [0.1, 0.15) is 15.9 Å². The summed E-state index contributed by atoms with van der Waals surface area (Å²) in [7, 11) is -0.370. The van der Waals surface area contributed by atoms with E-state index in [1.807, 2.05) is 61.0 Å². The van der Waals surface area contributed by atoms with Gasteiger partial charge in [0.2, 0.25) is 5.78 Å². The second kappa shape index (κ2) is 7.14. The van der Waals surface area contributed by atoms with Crippen LogP contribution in [0.4, 0.5) is 0 Å². The Bertz CT molecular complexity index is 669. The van der Waals surface area contributed by atoms with E-state index in [0.717, 1.165) is 5.56 Å². The number of carbonyl (C=O) groups excluding carboxylic acids is 2. The highest BCUT2D eigenvalue weighted by atomic mass is 32.2. The molecule has 0 bridgehead atoms. The van der Waals surface area contributed by atoms with Crippen molar-refractivity contribution in [3.63, 3.8) is 0 Å². The molecule has 0 N–H and O–H groups in total. The van der Waals surface area contributed by atoms with Crippen molar-refractivity contribution in [3.05, 3.63) is 71.8 Å². The van der Waals surface area contributed by atoms with E-state index in [2.05, 4.69) is 0 Å². The van der Waals surface area contributed by atoms with Crippen molar-refractivity contribution < 1.29 is 9.59 Å². The van der Waals surface area contributed by atoms with Crippen LogP contribution in [0.3, 0.4) is 0 Å². The average Bonchev–Trinajstić information content (AvgIpc) is 2.49.